The van der Waals surface area contributed by atoms with E-state index in [-0.39, 0.29) is 23.7 Å². The molecule has 1 aromatic carbocycles. The van der Waals surface area contributed by atoms with Gasteiger partial charge in [0.25, 0.3) is 5.91 Å². The van der Waals surface area contributed by atoms with Crippen molar-refractivity contribution in [3.63, 3.8) is 0 Å². The first-order valence-corrected chi connectivity index (χ1v) is 11.8. The van der Waals surface area contributed by atoms with Crippen molar-refractivity contribution in [2.45, 2.75) is 52.1 Å². The van der Waals surface area contributed by atoms with Gasteiger partial charge in [-0.3, -0.25) is 9.59 Å². The Balaban J connectivity index is 1.75. The van der Waals surface area contributed by atoms with E-state index in [1.807, 2.05) is 32.0 Å². The number of likely N-dealkylation sites (N-methyl/N-ethyl adjacent to an activating group) is 1. The molecule has 1 aromatic heterocycles. The predicted molar refractivity (Wildman–Crippen MR) is 133 cm³/mol. The van der Waals surface area contributed by atoms with Gasteiger partial charge < -0.3 is 31.3 Å². The Bertz CT molecular complexity index is 1010. The van der Waals surface area contributed by atoms with Crippen molar-refractivity contribution in [1.29, 1.82) is 0 Å². The van der Waals surface area contributed by atoms with Crippen LogP contribution in [0.3, 0.4) is 0 Å². The molecular weight excluding hydrogens is 434 g/mol. The van der Waals surface area contributed by atoms with Crippen LogP contribution in [0.5, 0.6) is 5.75 Å². The maximum Gasteiger partial charge on any atom is 0.271 e. The molecule has 0 bridgehead atoms. The highest BCUT2D eigenvalue weighted by Crippen LogP contribution is 2.28. The normalized spacial score (nSPS) is 15.0. The molecule has 2 aromatic rings. The Morgan fingerprint density at radius 3 is 2.59 bits per heavy atom. The van der Waals surface area contributed by atoms with Crippen LogP contribution in [-0.2, 0) is 11.2 Å². The van der Waals surface area contributed by atoms with E-state index in [0.29, 0.717) is 30.3 Å². The molecule has 5 N–H and O–H groups in total. The number of anilines is 3. The summed E-state index contributed by atoms with van der Waals surface area (Å²) in [7, 11) is 1.74. The van der Waals surface area contributed by atoms with Crippen LogP contribution in [0.4, 0.5) is 17.3 Å². The highest BCUT2D eigenvalue weighted by atomic mass is 16.5. The molecule has 184 valence electrons. The first kappa shape index (κ1) is 25.2. The van der Waals surface area contributed by atoms with Crippen molar-refractivity contribution >= 4 is 29.1 Å². The number of nitrogens with two attached hydrogens (primary N) is 1. The van der Waals surface area contributed by atoms with Crippen molar-refractivity contribution in [3.05, 3.63) is 35.7 Å². The first-order valence-electron chi connectivity index (χ1n) is 11.8. The number of primary amides is 1. The molecule has 2 heterocycles. The van der Waals surface area contributed by atoms with Crippen molar-refractivity contribution < 1.29 is 14.3 Å². The van der Waals surface area contributed by atoms with E-state index in [0.717, 1.165) is 37.4 Å². The van der Waals surface area contributed by atoms with Gasteiger partial charge in [-0.25, -0.2) is 9.97 Å². The lowest BCUT2D eigenvalue weighted by atomic mass is 10.2. The molecule has 0 spiro atoms. The van der Waals surface area contributed by atoms with Crippen LogP contribution in [-0.4, -0.2) is 60.6 Å². The smallest absolute Gasteiger partial charge is 0.271 e. The van der Waals surface area contributed by atoms with Gasteiger partial charge in [-0.1, -0.05) is 13.0 Å². The fourth-order valence-electron chi connectivity index (χ4n) is 3.70. The van der Waals surface area contributed by atoms with Crippen LogP contribution in [0.1, 0.15) is 49.8 Å². The Hall–Kier alpha value is -3.40. The van der Waals surface area contributed by atoms with E-state index < -0.39 is 5.91 Å². The number of hydrogen-bond donors (Lipinski definition) is 4. The molecule has 2 atom stereocenters. The van der Waals surface area contributed by atoms with Crippen LogP contribution in [0.2, 0.25) is 0 Å². The zero-order valence-electron chi connectivity index (χ0n) is 20.4. The summed E-state index contributed by atoms with van der Waals surface area (Å²) in [4.78, 5) is 35.6. The first-order chi connectivity index (χ1) is 16.3. The molecule has 0 radical (unpaired) electrons. The van der Waals surface area contributed by atoms with Crippen LogP contribution < -0.4 is 31.3 Å². The second-order valence-electron chi connectivity index (χ2n) is 8.49. The maximum absolute atomic E-state index is 12.1. The highest BCUT2D eigenvalue weighted by Gasteiger charge is 2.23. The number of carbonyl (C=O) groups excluding carboxylic acids is 2. The number of aryl methyl sites for hydroxylation is 1. The molecule has 3 rings (SSSR count). The van der Waals surface area contributed by atoms with Crippen LogP contribution in [0.15, 0.2) is 24.3 Å². The summed E-state index contributed by atoms with van der Waals surface area (Å²) < 4.78 is 5.87. The Morgan fingerprint density at radius 2 is 1.94 bits per heavy atom. The summed E-state index contributed by atoms with van der Waals surface area (Å²) in [6.45, 7) is 7.81. The molecule has 0 aliphatic carbocycles. The second kappa shape index (κ2) is 11.6. The van der Waals surface area contributed by atoms with Gasteiger partial charge >= 0.3 is 0 Å². The number of aromatic nitrogens is 2. The molecule has 10 nitrogen and oxygen atoms in total. The molecular formula is C24H35N7O3. The minimum atomic E-state index is -0.634. The summed E-state index contributed by atoms with van der Waals surface area (Å²) in [6.07, 6.45) is 2.87. The van der Waals surface area contributed by atoms with E-state index in [9.17, 15) is 9.59 Å². The molecule has 1 aliphatic heterocycles. The lowest BCUT2D eigenvalue weighted by Gasteiger charge is -2.21. The number of ether oxygens (including phenoxy) is 1. The molecule has 10 heteroatoms. The van der Waals surface area contributed by atoms with Crippen molar-refractivity contribution in [1.82, 2.24) is 20.6 Å². The fraction of sp³-hybridized carbons (Fsp3) is 0.500. The van der Waals surface area contributed by atoms with Crippen LogP contribution >= 0.6 is 0 Å². The summed E-state index contributed by atoms with van der Waals surface area (Å²) in [5, 5.41) is 9.00. The lowest BCUT2D eigenvalue weighted by molar-refractivity contribution is -0.123. The zero-order valence-corrected chi connectivity index (χ0v) is 20.4. The topological polar surface area (TPSA) is 134 Å². The third kappa shape index (κ3) is 6.34. The molecule has 1 fully saturated rings. The molecule has 0 unspecified atom stereocenters. The highest BCUT2D eigenvalue weighted by molar-refractivity contribution is 5.96. The van der Waals surface area contributed by atoms with Crippen molar-refractivity contribution in [3.8, 4) is 5.75 Å². The summed E-state index contributed by atoms with van der Waals surface area (Å²) in [5.41, 5.74) is 7.18. The van der Waals surface area contributed by atoms with Gasteiger partial charge in [0.2, 0.25) is 5.91 Å². The van der Waals surface area contributed by atoms with E-state index in [1.54, 1.807) is 20.0 Å². The summed E-state index contributed by atoms with van der Waals surface area (Å²) in [5.74, 6) is 1.01. The average molecular weight is 470 g/mol. The molecule has 1 aliphatic rings. The van der Waals surface area contributed by atoms with Crippen molar-refractivity contribution in [2.24, 2.45) is 5.73 Å². The third-order valence-corrected chi connectivity index (χ3v) is 5.73. The SMILES string of the molecule is CCc1nc(C(N)=O)c(Nc2cccc(OC[C@H](C)NC(=O)[C@H](C)NC)c2)nc1N1CCCC1. The minimum Gasteiger partial charge on any atom is -0.491 e. The molecule has 34 heavy (non-hydrogen) atoms. The third-order valence-electron chi connectivity index (χ3n) is 5.73. The molecule has 1 saturated heterocycles. The maximum atomic E-state index is 12.1. The fourth-order valence-corrected chi connectivity index (χ4v) is 3.70. The second-order valence-corrected chi connectivity index (χ2v) is 8.49. The molecule has 0 saturated carbocycles. The number of nitrogens with one attached hydrogen (secondary N) is 3. The number of benzene rings is 1. The lowest BCUT2D eigenvalue weighted by Crippen LogP contribution is -2.46. The van der Waals surface area contributed by atoms with Gasteiger partial charge in [0.15, 0.2) is 17.3 Å². The van der Waals surface area contributed by atoms with Gasteiger partial charge in [0.05, 0.1) is 17.8 Å². The van der Waals surface area contributed by atoms with E-state index in [4.69, 9.17) is 15.5 Å². The standard InChI is InChI=1S/C24H35N7O3/c1-5-19-23(31-11-6-7-12-31)30-22(20(29-19)21(25)32)28-17-9-8-10-18(13-17)34-14-15(2)27-24(33)16(3)26-4/h8-10,13,15-16,26H,5-7,11-12,14H2,1-4H3,(H2,25,32)(H,27,33)(H,28,30)/t15-,16-/m0/s1. The number of rotatable bonds is 11. The van der Waals surface area contributed by atoms with Gasteiger partial charge in [-0.05, 0) is 52.3 Å². The van der Waals surface area contributed by atoms with Gasteiger partial charge in [0, 0.05) is 24.8 Å². The van der Waals surface area contributed by atoms with Gasteiger partial charge in [-0.15, -0.1) is 0 Å². The number of amides is 2. The quantitative estimate of drug-likeness (QED) is 0.392. The average Bonchev–Trinajstić information content (AvgIpc) is 3.37. The van der Waals surface area contributed by atoms with Crippen molar-refractivity contribution in [2.75, 3.05) is 37.0 Å². The van der Waals surface area contributed by atoms with Gasteiger partial charge in [-0.2, -0.15) is 0 Å². The van der Waals surface area contributed by atoms with E-state index in [1.165, 1.54) is 0 Å². The monoisotopic (exact) mass is 469 g/mol. The Morgan fingerprint density at radius 1 is 1.21 bits per heavy atom. The molecule has 2 amide bonds. The van der Waals surface area contributed by atoms with E-state index in [2.05, 4.69) is 25.8 Å². The van der Waals surface area contributed by atoms with Gasteiger partial charge in [0.1, 0.15) is 12.4 Å². The van der Waals surface area contributed by atoms with Crippen LogP contribution in [0.25, 0.3) is 0 Å². The van der Waals surface area contributed by atoms with E-state index >= 15 is 0 Å². The number of nitrogens with zero attached hydrogens (tertiary/aromatic N) is 3. The minimum absolute atomic E-state index is 0.0871. The largest absolute Gasteiger partial charge is 0.491 e. The zero-order chi connectivity index (χ0) is 24.7. The van der Waals surface area contributed by atoms with Crippen LogP contribution in [0, 0.1) is 0 Å². The predicted octanol–water partition coefficient (Wildman–Crippen LogP) is 1.97. The Kier molecular flexibility index (Phi) is 8.64. The number of carbonyl (C=O) groups is 2. The Labute approximate surface area is 200 Å². The summed E-state index contributed by atoms with van der Waals surface area (Å²) in [6, 6.07) is 6.87. The number of hydrogen-bond acceptors (Lipinski definition) is 8. The summed E-state index contributed by atoms with van der Waals surface area (Å²) >= 11 is 0.